The van der Waals surface area contributed by atoms with E-state index in [1.807, 2.05) is 6.92 Å². The maximum atomic E-state index is 12.3. The van der Waals surface area contributed by atoms with Gasteiger partial charge in [0.2, 0.25) is 0 Å². The smallest absolute Gasteiger partial charge is 0.329 e. The molecule has 0 saturated carbocycles. The molecule has 0 radical (unpaired) electrons. The second-order valence-corrected chi connectivity index (χ2v) is 8.69. The van der Waals surface area contributed by atoms with E-state index in [-0.39, 0.29) is 12.4 Å². The van der Waals surface area contributed by atoms with Crippen molar-refractivity contribution in [1.82, 2.24) is 5.43 Å². The molecule has 3 amide bonds. The standard InChI is InChI=1S/C26H24BrClN4O6/c1-3-37-21-11-7-6-10-20(21)31-25(34)26(35)32-29-14-16-12-17(27)24(22(13-16)36-2)38-15-23(33)30-19-9-5-4-8-18(19)28/h4-14H,3,15H2,1-2H3,(H,30,33)(H,31,34)(H,32,35)/b29-14-. The minimum absolute atomic E-state index is 0.287. The number of ether oxygens (including phenoxy) is 3. The summed E-state index contributed by atoms with van der Waals surface area (Å²) >= 11 is 9.44. The molecule has 10 nitrogen and oxygen atoms in total. The van der Waals surface area contributed by atoms with Crippen molar-refractivity contribution < 1.29 is 28.6 Å². The van der Waals surface area contributed by atoms with Gasteiger partial charge in [-0.1, -0.05) is 35.9 Å². The number of nitrogens with one attached hydrogen (secondary N) is 3. The van der Waals surface area contributed by atoms with Gasteiger partial charge >= 0.3 is 11.8 Å². The summed E-state index contributed by atoms with van der Waals surface area (Å²) in [6.07, 6.45) is 1.32. The van der Waals surface area contributed by atoms with E-state index in [4.69, 9.17) is 25.8 Å². The molecule has 0 aliphatic rings. The van der Waals surface area contributed by atoms with E-state index in [2.05, 4.69) is 37.1 Å². The maximum Gasteiger partial charge on any atom is 0.329 e. The SMILES string of the molecule is CCOc1ccccc1NC(=O)C(=O)N/N=C\c1cc(Br)c(OCC(=O)Nc2ccccc2Cl)c(OC)c1. The summed E-state index contributed by atoms with van der Waals surface area (Å²) in [5, 5.41) is 9.39. The van der Waals surface area contributed by atoms with Crippen molar-refractivity contribution in [2.75, 3.05) is 31.0 Å². The van der Waals surface area contributed by atoms with Gasteiger partial charge in [0.25, 0.3) is 5.91 Å². The zero-order chi connectivity index (χ0) is 27.5. The van der Waals surface area contributed by atoms with Gasteiger partial charge in [-0.25, -0.2) is 5.43 Å². The highest BCUT2D eigenvalue weighted by Crippen LogP contribution is 2.36. The van der Waals surface area contributed by atoms with Crippen LogP contribution < -0.4 is 30.3 Å². The molecule has 0 fully saturated rings. The van der Waals surface area contributed by atoms with E-state index >= 15 is 0 Å². The van der Waals surface area contributed by atoms with Crippen LogP contribution in [0.3, 0.4) is 0 Å². The average molecular weight is 604 g/mol. The van der Waals surface area contributed by atoms with Gasteiger partial charge in [0.1, 0.15) is 5.75 Å². The van der Waals surface area contributed by atoms with E-state index in [1.165, 1.54) is 13.3 Å². The average Bonchev–Trinajstić information content (AvgIpc) is 2.90. The van der Waals surface area contributed by atoms with Crippen molar-refractivity contribution in [3.63, 3.8) is 0 Å². The Kier molecular flexibility index (Phi) is 10.5. The van der Waals surface area contributed by atoms with Crippen LogP contribution in [0.25, 0.3) is 0 Å². The number of halogens is 2. The first-order valence-corrected chi connectivity index (χ1v) is 12.4. The van der Waals surface area contributed by atoms with Gasteiger partial charge in [0.15, 0.2) is 18.1 Å². The Morgan fingerprint density at radius 1 is 0.947 bits per heavy atom. The molecule has 0 aliphatic heterocycles. The number of amides is 3. The monoisotopic (exact) mass is 602 g/mol. The Hall–Kier alpha value is -4.09. The van der Waals surface area contributed by atoms with Crippen molar-refractivity contribution in [3.8, 4) is 17.2 Å². The van der Waals surface area contributed by atoms with Crippen LogP contribution in [0.4, 0.5) is 11.4 Å². The van der Waals surface area contributed by atoms with Gasteiger partial charge < -0.3 is 24.8 Å². The number of anilines is 2. The van der Waals surface area contributed by atoms with E-state index in [0.717, 1.165) is 0 Å². The largest absolute Gasteiger partial charge is 0.493 e. The first-order valence-electron chi connectivity index (χ1n) is 11.2. The fourth-order valence-electron chi connectivity index (χ4n) is 3.09. The zero-order valence-electron chi connectivity index (χ0n) is 20.4. The van der Waals surface area contributed by atoms with Crippen LogP contribution in [0.5, 0.6) is 17.2 Å². The summed E-state index contributed by atoms with van der Waals surface area (Å²) in [4.78, 5) is 36.7. The molecule has 0 atom stereocenters. The molecule has 3 aromatic rings. The topological polar surface area (TPSA) is 127 Å². The lowest BCUT2D eigenvalue weighted by molar-refractivity contribution is -0.136. The molecule has 0 aromatic heterocycles. The van der Waals surface area contributed by atoms with Crippen LogP contribution in [0.15, 0.2) is 70.2 Å². The Morgan fingerprint density at radius 2 is 1.66 bits per heavy atom. The predicted molar refractivity (Wildman–Crippen MR) is 148 cm³/mol. The van der Waals surface area contributed by atoms with Crippen LogP contribution in [-0.2, 0) is 14.4 Å². The number of hydrogen-bond donors (Lipinski definition) is 3. The van der Waals surface area contributed by atoms with Gasteiger partial charge in [-0.2, -0.15) is 5.10 Å². The molecule has 0 aliphatic carbocycles. The van der Waals surface area contributed by atoms with Crippen LogP contribution >= 0.6 is 27.5 Å². The van der Waals surface area contributed by atoms with E-state index in [1.54, 1.807) is 60.7 Å². The molecule has 12 heteroatoms. The van der Waals surface area contributed by atoms with Crippen molar-refractivity contribution in [2.24, 2.45) is 5.10 Å². The number of hydrogen-bond acceptors (Lipinski definition) is 7. The summed E-state index contributed by atoms with van der Waals surface area (Å²) in [6, 6.07) is 16.8. The number of methoxy groups -OCH3 is 1. The minimum Gasteiger partial charge on any atom is -0.493 e. The predicted octanol–water partition coefficient (Wildman–Crippen LogP) is 4.62. The van der Waals surface area contributed by atoms with Crippen molar-refractivity contribution in [2.45, 2.75) is 6.92 Å². The third kappa shape index (κ3) is 7.95. The lowest BCUT2D eigenvalue weighted by Gasteiger charge is -2.14. The van der Waals surface area contributed by atoms with Crippen LogP contribution in [0.1, 0.15) is 12.5 Å². The highest BCUT2D eigenvalue weighted by Gasteiger charge is 2.16. The van der Waals surface area contributed by atoms with Crippen LogP contribution in [0, 0.1) is 0 Å². The maximum absolute atomic E-state index is 12.3. The summed E-state index contributed by atoms with van der Waals surface area (Å²) in [7, 11) is 1.44. The van der Waals surface area contributed by atoms with Crippen molar-refractivity contribution in [1.29, 1.82) is 0 Å². The zero-order valence-corrected chi connectivity index (χ0v) is 22.8. The van der Waals surface area contributed by atoms with Gasteiger partial charge in [-0.05, 0) is 64.8 Å². The minimum atomic E-state index is -0.969. The first-order chi connectivity index (χ1) is 18.3. The molecule has 0 bridgehead atoms. The number of benzene rings is 3. The molecule has 0 saturated heterocycles. The normalized spacial score (nSPS) is 10.5. The first kappa shape index (κ1) is 28.5. The Balaban J connectivity index is 1.59. The summed E-state index contributed by atoms with van der Waals surface area (Å²) < 4.78 is 16.9. The molecule has 198 valence electrons. The Morgan fingerprint density at radius 3 is 2.37 bits per heavy atom. The van der Waals surface area contributed by atoms with Crippen LogP contribution in [0.2, 0.25) is 5.02 Å². The van der Waals surface area contributed by atoms with Gasteiger partial charge in [-0.3, -0.25) is 14.4 Å². The quantitative estimate of drug-likeness (QED) is 0.176. The second kappa shape index (κ2) is 14.0. The fraction of sp³-hybridized carbons (Fsp3) is 0.154. The molecule has 0 heterocycles. The van der Waals surface area contributed by atoms with Gasteiger partial charge in [0.05, 0.1) is 40.8 Å². The summed E-state index contributed by atoms with van der Waals surface area (Å²) in [5.41, 5.74) is 3.52. The Bertz CT molecular complexity index is 1350. The lowest BCUT2D eigenvalue weighted by Crippen LogP contribution is -2.32. The lowest BCUT2D eigenvalue weighted by atomic mass is 10.2. The molecule has 3 N–H and O–H groups in total. The third-order valence-corrected chi connectivity index (χ3v) is 5.69. The molecular weight excluding hydrogens is 580 g/mol. The number of nitrogens with zero attached hydrogens (tertiary/aromatic N) is 1. The number of carbonyl (C=O) groups excluding carboxylic acids is 3. The van der Waals surface area contributed by atoms with Gasteiger partial charge in [0, 0.05) is 0 Å². The molecule has 38 heavy (non-hydrogen) atoms. The highest BCUT2D eigenvalue weighted by molar-refractivity contribution is 9.10. The van der Waals surface area contributed by atoms with E-state index in [9.17, 15) is 14.4 Å². The van der Waals surface area contributed by atoms with Crippen LogP contribution in [-0.4, -0.2) is 44.3 Å². The van der Waals surface area contributed by atoms with Crippen molar-refractivity contribution in [3.05, 3.63) is 75.7 Å². The number of carbonyl (C=O) groups is 3. The van der Waals surface area contributed by atoms with E-state index in [0.29, 0.717) is 44.5 Å². The fourth-order valence-corrected chi connectivity index (χ4v) is 3.84. The van der Waals surface area contributed by atoms with Gasteiger partial charge in [-0.15, -0.1) is 0 Å². The summed E-state index contributed by atoms with van der Waals surface area (Å²) in [6.45, 7) is 1.92. The number of hydrazone groups is 1. The molecule has 3 rings (SSSR count). The molecule has 0 spiro atoms. The third-order valence-electron chi connectivity index (χ3n) is 4.77. The Labute approximate surface area is 232 Å². The second-order valence-electron chi connectivity index (χ2n) is 7.43. The number of para-hydroxylation sites is 3. The molecule has 3 aromatic carbocycles. The van der Waals surface area contributed by atoms with Crippen molar-refractivity contribution >= 4 is 62.8 Å². The molecular formula is C26H24BrClN4O6. The molecule has 0 unspecified atom stereocenters. The van der Waals surface area contributed by atoms with E-state index < -0.39 is 17.7 Å². The number of rotatable bonds is 10. The highest BCUT2D eigenvalue weighted by atomic mass is 79.9. The summed E-state index contributed by atoms with van der Waals surface area (Å²) in [5.74, 6) is -1.25.